The molecule has 0 aliphatic carbocycles. The van der Waals surface area contributed by atoms with Gasteiger partial charge in [-0.2, -0.15) is 0 Å². The van der Waals surface area contributed by atoms with Crippen LogP contribution in [0.1, 0.15) is 32.6 Å². The number of aliphatic carboxylic acids is 1. The van der Waals surface area contributed by atoms with Gasteiger partial charge in [0.15, 0.2) is 0 Å². The van der Waals surface area contributed by atoms with Crippen molar-refractivity contribution in [2.45, 2.75) is 32.6 Å². The first-order valence-corrected chi connectivity index (χ1v) is 5.83. The third kappa shape index (κ3) is 2.07. The maximum absolute atomic E-state index is 11.0. The third-order valence-electron chi connectivity index (χ3n) is 3.91. The quantitative estimate of drug-likeness (QED) is 0.722. The molecule has 0 radical (unpaired) electrons. The molecular weight excluding hydrogens is 190 g/mol. The molecule has 0 spiro atoms. The van der Waals surface area contributed by atoms with Crippen molar-refractivity contribution in [1.82, 2.24) is 4.90 Å². The Morgan fingerprint density at radius 2 is 1.87 bits per heavy atom. The van der Waals surface area contributed by atoms with Crippen LogP contribution in [0.15, 0.2) is 11.6 Å². The lowest BCUT2D eigenvalue weighted by atomic mass is 9.71. The van der Waals surface area contributed by atoms with Crippen LogP contribution in [-0.2, 0) is 4.79 Å². The van der Waals surface area contributed by atoms with Crippen molar-refractivity contribution in [2.24, 2.45) is 5.41 Å². The number of piperidine rings is 3. The van der Waals surface area contributed by atoms with Crippen molar-refractivity contribution in [1.29, 1.82) is 0 Å². The van der Waals surface area contributed by atoms with E-state index in [9.17, 15) is 4.79 Å². The zero-order valence-electron chi connectivity index (χ0n) is 9.33. The van der Waals surface area contributed by atoms with Gasteiger partial charge in [0.2, 0.25) is 0 Å². The number of hydrogen-bond acceptors (Lipinski definition) is 2. The topological polar surface area (TPSA) is 40.5 Å². The van der Waals surface area contributed by atoms with Gasteiger partial charge in [0.05, 0.1) is 0 Å². The lowest BCUT2D eigenvalue weighted by Gasteiger charge is -2.47. The summed E-state index contributed by atoms with van der Waals surface area (Å²) in [7, 11) is 0. The lowest BCUT2D eigenvalue weighted by molar-refractivity contribution is -0.132. The SMILES string of the molecule is CCC(=CC12CCN(CC1)CC2)C(=O)O. The molecule has 3 rings (SSSR count). The zero-order chi connectivity index (χ0) is 10.9. The van der Waals surface area contributed by atoms with Crippen LogP contribution in [0, 0.1) is 5.41 Å². The normalized spacial score (nSPS) is 35.5. The number of fused-ring (bicyclic) bond motifs is 3. The van der Waals surface area contributed by atoms with Gasteiger partial charge in [-0.25, -0.2) is 4.79 Å². The van der Waals surface area contributed by atoms with Gasteiger partial charge in [-0.1, -0.05) is 13.0 Å². The van der Waals surface area contributed by atoms with Crippen molar-refractivity contribution < 1.29 is 9.90 Å². The maximum atomic E-state index is 11.0. The Bertz CT molecular complexity index is 274. The number of carboxylic acids is 1. The minimum atomic E-state index is -0.736. The second-order valence-electron chi connectivity index (χ2n) is 4.78. The second-order valence-corrected chi connectivity index (χ2v) is 4.78. The summed E-state index contributed by atoms with van der Waals surface area (Å²) < 4.78 is 0. The smallest absolute Gasteiger partial charge is 0.331 e. The van der Waals surface area contributed by atoms with Crippen molar-refractivity contribution in [3.63, 3.8) is 0 Å². The van der Waals surface area contributed by atoms with Gasteiger partial charge < -0.3 is 10.0 Å². The molecule has 3 saturated heterocycles. The van der Waals surface area contributed by atoms with Crippen molar-refractivity contribution in [3.05, 3.63) is 11.6 Å². The molecule has 3 fully saturated rings. The Kier molecular flexibility index (Phi) is 2.83. The number of rotatable bonds is 3. The van der Waals surface area contributed by atoms with E-state index >= 15 is 0 Å². The summed E-state index contributed by atoms with van der Waals surface area (Å²) in [6.45, 7) is 5.36. The molecule has 0 unspecified atom stereocenters. The molecule has 2 bridgehead atoms. The standard InChI is InChI=1S/C12H19NO2/c1-2-10(11(14)15)9-12-3-6-13(7-4-12)8-5-12/h9H,2-8H2,1H3,(H,14,15). The van der Waals surface area contributed by atoms with E-state index in [0.29, 0.717) is 12.0 Å². The number of allylic oxidation sites excluding steroid dienone is 1. The highest BCUT2D eigenvalue weighted by atomic mass is 16.4. The average molecular weight is 209 g/mol. The first kappa shape index (κ1) is 10.7. The molecule has 1 N–H and O–H groups in total. The summed E-state index contributed by atoms with van der Waals surface area (Å²) in [4.78, 5) is 13.5. The fourth-order valence-electron chi connectivity index (χ4n) is 2.75. The van der Waals surface area contributed by atoms with E-state index in [2.05, 4.69) is 11.0 Å². The van der Waals surface area contributed by atoms with Crippen LogP contribution < -0.4 is 0 Å². The predicted molar refractivity (Wildman–Crippen MR) is 58.7 cm³/mol. The molecule has 0 atom stereocenters. The predicted octanol–water partition coefficient (Wildman–Crippen LogP) is 1.89. The van der Waals surface area contributed by atoms with Crippen LogP contribution in [0.4, 0.5) is 0 Å². The highest BCUT2D eigenvalue weighted by Gasteiger charge is 2.38. The van der Waals surface area contributed by atoms with Crippen molar-refractivity contribution in [2.75, 3.05) is 19.6 Å². The Balaban J connectivity index is 2.17. The fourth-order valence-corrected chi connectivity index (χ4v) is 2.75. The molecule has 0 aromatic carbocycles. The van der Waals surface area contributed by atoms with E-state index in [1.807, 2.05) is 6.92 Å². The van der Waals surface area contributed by atoms with Gasteiger partial charge in [-0.15, -0.1) is 0 Å². The second kappa shape index (κ2) is 3.97. The summed E-state index contributed by atoms with van der Waals surface area (Å²) >= 11 is 0. The molecule has 0 amide bonds. The van der Waals surface area contributed by atoms with Gasteiger partial charge in [-0.3, -0.25) is 0 Å². The van der Waals surface area contributed by atoms with E-state index in [-0.39, 0.29) is 5.41 Å². The lowest BCUT2D eigenvalue weighted by Crippen LogP contribution is -2.47. The van der Waals surface area contributed by atoms with E-state index in [4.69, 9.17) is 5.11 Å². The number of carbonyl (C=O) groups is 1. The van der Waals surface area contributed by atoms with Gasteiger partial charge in [0.25, 0.3) is 0 Å². The van der Waals surface area contributed by atoms with E-state index < -0.39 is 5.97 Å². The van der Waals surface area contributed by atoms with Gasteiger partial charge >= 0.3 is 5.97 Å². The Labute approximate surface area is 90.8 Å². The molecule has 15 heavy (non-hydrogen) atoms. The molecule has 3 heterocycles. The highest BCUT2D eigenvalue weighted by Crippen LogP contribution is 2.42. The van der Waals surface area contributed by atoms with E-state index in [0.717, 1.165) is 38.9 Å². The molecular formula is C12H19NO2. The molecule has 84 valence electrons. The van der Waals surface area contributed by atoms with Gasteiger partial charge in [-0.05, 0) is 50.7 Å². The Morgan fingerprint density at radius 1 is 1.33 bits per heavy atom. The van der Waals surface area contributed by atoms with Crippen LogP contribution in [0.3, 0.4) is 0 Å². The van der Waals surface area contributed by atoms with Crippen LogP contribution in [0.25, 0.3) is 0 Å². The monoisotopic (exact) mass is 209 g/mol. The summed E-state index contributed by atoms with van der Waals surface area (Å²) in [5.41, 5.74) is 0.809. The van der Waals surface area contributed by atoms with Crippen LogP contribution in [-0.4, -0.2) is 35.6 Å². The first-order chi connectivity index (χ1) is 7.15. The van der Waals surface area contributed by atoms with Crippen LogP contribution >= 0.6 is 0 Å². The summed E-state index contributed by atoms with van der Waals surface area (Å²) in [6.07, 6.45) is 6.13. The van der Waals surface area contributed by atoms with Crippen molar-refractivity contribution >= 4 is 5.97 Å². The summed E-state index contributed by atoms with van der Waals surface area (Å²) in [5, 5.41) is 9.05. The Hall–Kier alpha value is -0.830. The van der Waals surface area contributed by atoms with Crippen LogP contribution in [0.5, 0.6) is 0 Å². The zero-order valence-corrected chi connectivity index (χ0v) is 9.33. The fraction of sp³-hybridized carbons (Fsp3) is 0.750. The Morgan fingerprint density at radius 3 is 2.27 bits per heavy atom. The number of hydrogen-bond donors (Lipinski definition) is 1. The van der Waals surface area contributed by atoms with E-state index in [1.54, 1.807) is 0 Å². The van der Waals surface area contributed by atoms with Crippen LogP contribution in [0.2, 0.25) is 0 Å². The van der Waals surface area contributed by atoms with E-state index in [1.165, 1.54) is 0 Å². The highest BCUT2D eigenvalue weighted by molar-refractivity contribution is 5.86. The number of carboxylic acid groups (broad SMARTS) is 1. The first-order valence-electron chi connectivity index (χ1n) is 5.83. The summed E-state index contributed by atoms with van der Waals surface area (Å²) in [6, 6.07) is 0. The molecule has 0 saturated carbocycles. The summed E-state index contributed by atoms with van der Waals surface area (Å²) in [5.74, 6) is -0.736. The molecule has 3 aliphatic rings. The maximum Gasteiger partial charge on any atom is 0.331 e. The van der Waals surface area contributed by atoms with Gasteiger partial charge in [0.1, 0.15) is 0 Å². The number of nitrogens with zero attached hydrogens (tertiary/aromatic N) is 1. The minimum Gasteiger partial charge on any atom is -0.478 e. The molecule has 3 aliphatic heterocycles. The van der Waals surface area contributed by atoms with Crippen molar-refractivity contribution in [3.8, 4) is 0 Å². The van der Waals surface area contributed by atoms with Gasteiger partial charge in [0, 0.05) is 5.57 Å². The molecule has 0 aromatic heterocycles. The largest absolute Gasteiger partial charge is 0.478 e. The molecule has 3 nitrogen and oxygen atoms in total. The third-order valence-corrected chi connectivity index (χ3v) is 3.91. The molecule has 0 aromatic rings. The minimum absolute atomic E-state index is 0.207. The molecule has 3 heteroatoms. The average Bonchev–Trinajstić information content (AvgIpc) is 2.28.